The van der Waals surface area contributed by atoms with Crippen molar-refractivity contribution < 1.29 is 4.74 Å². The van der Waals surface area contributed by atoms with Crippen molar-refractivity contribution in [1.29, 1.82) is 0 Å². The lowest BCUT2D eigenvalue weighted by atomic mass is 10.2. The zero-order valence-electron chi connectivity index (χ0n) is 13.2. The van der Waals surface area contributed by atoms with Crippen molar-refractivity contribution in [2.45, 2.75) is 39.8 Å². The number of rotatable bonds is 6. The maximum atomic E-state index is 6.11. The van der Waals surface area contributed by atoms with Crippen molar-refractivity contribution in [2.24, 2.45) is 0 Å². The van der Waals surface area contributed by atoms with Crippen LogP contribution in [0.3, 0.4) is 0 Å². The largest absolute Gasteiger partial charge is 0.374 e. The summed E-state index contributed by atoms with van der Waals surface area (Å²) in [6.45, 7) is 11.6. The second-order valence-electron chi connectivity index (χ2n) is 5.38. The van der Waals surface area contributed by atoms with Crippen LogP contribution in [0.25, 0.3) is 0 Å². The molecule has 0 N–H and O–H groups in total. The molecule has 0 radical (unpaired) electrons. The van der Waals surface area contributed by atoms with Gasteiger partial charge in [-0.05, 0) is 20.3 Å². The first-order valence-electron chi connectivity index (χ1n) is 7.74. The Kier molecular flexibility index (Phi) is 6.21. The molecule has 0 aromatic carbocycles. The Hall–Kier alpha value is -0.910. The molecular formula is C15H25ClN4O. The van der Waals surface area contributed by atoms with E-state index in [1.54, 1.807) is 0 Å². The molecule has 0 spiro atoms. The van der Waals surface area contributed by atoms with Crippen molar-refractivity contribution in [3.05, 3.63) is 17.0 Å². The first-order valence-corrected chi connectivity index (χ1v) is 8.12. The van der Waals surface area contributed by atoms with Crippen LogP contribution >= 0.6 is 11.6 Å². The van der Waals surface area contributed by atoms with Gasteiger partial charge in [-0.15, -0.1) is 0 Å². The SMILES string of the molecule is CCOCc1nc(Cl)cc(N2CCN(C(C)CC)CC2)n1. The maximum Gasteiger partial charge on any atom is 0.158 e. The molecule has 21 heavy (non-hydrogen) atoms. The van der Waals surface area contributed by atoms with Gasteiger partial charge in [0, 0.05) is 44.9 Å². The predicted molar refractivity (Wildman–Crippen MR) is 85.9 cm³/mol. The average Bonchev–Trinajstić information content (AvgIpc) is 2.51. The topological polar surface area (TPSA) is 41.5 Å². The minimum Gasteiger partial charge on any atom is -0.374 e. The summed E-state index contributed by atoms with van der Waals surface area (Å²) in [5, 5.41) is 0.485. The van der Waals surface area contributed by atoms with E-state index in [4.69, 9.17) is 16.3 Å². The zero-order chi connectivity index (χ0) is 15.2. The van der Waals surface area contributed by atoms with Crippen molar-refractivity contribution in [3.63, 3.8) is 0 Å². The van der Waals surface area contributed by atoms with Crippen LogP contribution in [0.5, 0.6) is 0 Å². The molecule has 1 aromatic rings. The third-order valence-corrected chi connectivity index (χ3v) is 4.21. The van der Waals surface area contributed by atoms with Crippen LogP contribution in [0.1, 0.15) is 33.0 Å². The number of aromatic nitrogens is 2. The van der Waals surface area contributed by atoms with E-state index in [0.717, 1.165) is 32.0 Å². The quantitative estimate of drug-likeness (QED) is 0.755. The number of piperazine rings is 1. The molecule has 5 nitrogen and oxygen atoms in total. The summed E-state index contributed by atoms with van der Waals surface area (Å²) in [4.78, 5) is 13.6. The van der Waals surface area contributed by atoms with Gasteiger partial charge in [-0.1, -0.05) is 18.5 Å². The fourth-order valence-corrected chi connectivity index (χ4v) is 2.72. The van der Waals surface area contributed by atoms with Gasteiger partial charge >= 0.3 is 0 Å². The Bertz CT molecular complexity index is 449. The average molecular weight is 313 g/mol. The lowest BCUT2D eigenvalue weighted by Gasteiger charge is -2.38. The van der Waals surface area contributed by atoms with Crippen molar-refractivity contribution in [2.75, 3.05) is 37.7 Å². The van der Waals surface area contributed by atoms with Crippen LogP contribution in [0.4, 0.5) is 5.82 Å². The molecule has 118 valence electrons. The molecule has 1 saturated heterocycles. The summed E-state index contributed by atoms with van der Waals surface area (Å²) in [5.41, 5.74) is 0. The third-order valence-electron chi connectivity index (χ3n) is 4.02. The van der Waals surface area contributed by atoms with Gasteiger partial charge in [0.15, 0.2) is 5.82 Å². The molecule has 1 aromatic heterocycles. The van der Waals surface area contributed by atoms with Gasteiger partial charge in [0.25, 0.3) is 0 Å². The van der Waals surface area contributed by atoms with Crippen LogP contribution in [-0.2, 0) is 11.3 Å². The molecule has 1 aliphatic heterocycles. The Morgan fingerprint density at radius 2 is 1.95 bits per heavy atom. The first kappa shape index (κ1) is 16.5. The van der Waals surface area contributed by atoms with Gasteiger partial charge < -0.3 is 9.64 Å². The fraction of sp³-hybridized carbons (Fsp3) is 0.733. The lowest BCUT2D eigenvalue weighted by Crippen LogP contribution is -2.49. The fourth-order valence-electron chi connectivity index (χ4n) is 2.52. The Labute approximate surface area is 132 Å². The molecule has 2 heterocycles. The van der Waals surface area contributed by atoms with Crippen molar-refractivity contribution >= 4 is 17.4 Å². The van der Waals surface area contributed by atoms with E-state index in [9.17, 15) is 0 Å². The summed E-state index contributed by atoms with van der Waals surface area (Å²) in [6.07, 6.45) is 1.19. The van der Waals surface area contributed by atoms with Crippen LogP contribution in [-0.4, -0.2) is 53.7 Å². The first-order chi connectivity index (χ1) is 10.1. The second kappa shape index (κ2) is 7.92. The predicted octanol–water partition coefficient (Wildman–Crippen LogP) is 2.59. The summed E-state index contributed by atoms with van der Waals surface area (Å²) in [7, 11) is 0. The Morgan fingerprint density at radius 1 is 1.24 bits per heavy atom. The molecule has 1 atom stereocenters. The molecule has 6 heteroatoms. The molecular weight excluding hydrogens is 288 g/mol. The highest BCUT2D eigenvalue weighted by atomic mass is 35.5. The van der Waals surface area contributed by atoms with Gasteiger partial charge in [0.2, 0.25) is 0 Å². The number of ether oxygens (including phenoxy) is 1. The Balaban J connectivity index is 2.01. The van der Waals surface area contributed by atoms with Crippen LogP contribution in [0, 0.1) is 0 Å². The number of halogens is 1. The molecule has 0 amide bonds. The molecule has 0 saturated carbocycles. The monoisotopic (exact) mass is 312 g/mol. The van der Waals surface area contributed by atoms with Crippen LogP contribution < -0.4 is 4.90 Å². The van der Waals surface area contributed by atoms with Crippen LogP contribution in [0.15, 0.2) is 6.07 Å². The highest BCUT2D eigenvalue weighted by Gasteiger charge is 2.21. The molecule has 2 rings (SSSR count). The van der Waals surface area contributed by atoms with Crippen LogP contribution in [0.2, 0.25) is 5.15 Å². The van der Waals surface area contributed by atoms with Gasteiger partial charge in [-0.2, -0.15) is 0 Å². The van der Waals surface area contributed by atoms with E-state index in [0.29, 0.717) is 30.2 Å². The molecule has 1 aliphatic rings. The number of hydrogen-bond acceptors (Lipinski definition) is 5. The summed E-state index contributed by atoms with van der Waals surface area (Å²) >= 11 is 6.11. The van der Waals surface area contributed by atoms with E-state index in [-0.39, 0.29) is 0 Å². The summed E-state index contributed by atoms with van der Waals surface area (Å²) in [5.74, 6) is 1.57. The summed E-state index contributed by atoms with van der Waals surface area (Å²) in [6, 6.07) is 2.49. The lowest BCUT2D eigenvalue weighted by molar-refractivity contribution is 0.128. The van der Waals surface area contributed by atoms with Crippen molar-refractivity contribution in [3.8, 4) is 0 Å². The highest BCUT2D eigenvalue weighted by Crippen LogP contribution is 2.19. The second-order valence-corrected chi connectivity index (χ2v) is 5.77. The molecule has 0 aliphatic carbocycles. The minimum absolute atomic E-state index is 0.414. The van der Waals surface area contributed by atoms with E-state index < -0.39 is 0 Å². The maximum absolute atomic E-state index is 6.11. The number of hydrogen-bond donors (Lipinski definition) is 0. The van der Waals surface area contributed by atoms with Gasteiger partial charge in [-0.25, -0.2) is 9.97 Å². The van der Waals surface area contributed by atoms with E-state index in [1.165, 1.54) is 6.42 Å². The zero-order valence-corrected chi connectivity index (χ0v) is 13.9. The molecule has 1 unspecified atom stereocenters. The Morgan fingerprint density at radius 3 is 2.57 bits per heavy atom. The van der Waals surface area contributed by atoms with Crippen molar-refractivity contribution in [1.82, 2.24) is 14.9 Å². The molecule has 0 bridgehead atoms. The normalized spacial score (nSPS) is 18.0. The van der Waals surface area contributed by atoms with Gasteiger partial charge in [-0.3, -0.25) is 4.90 Å². The smallest absolute Gasteiger partial charge is 0.158 e. The minimum atomic E-state index is 0.414. The molecule has 1 fully saturated rings. The van der Waals surface area contributed by atoms with E-state index >= 15 is 0 Å². The standard InChI is InChI=1S/C15H25ClN4O/c1-4-12(3)19-6-8-20(9-7-19)15-10-13(16)17-14(18-15)11-21-5-2/h10,12H,4-9,11H2,1-3H3. The van der Waals surface area contributed by atoms with Gasteiger partial charge in [0.1, 0.15) is 17.6 Å². The summed E-state index contributed by atoms with van der Waals surface area (Å²) < 4.78 is 5.37. The highest BCUT2D eigenvalue weighted by molar-refractivity contribution is 6.29. The van der Waals surface area contributed by atoms with Gasteiger partial charge in [0.05, 0.1) is 0 Å². The number of nitrogens with zero attached hydrogens (tertiary/aromatic N) is 4. The third kappa shape index (κ3) is 4.53. The van der Waals surface area contributed by atoms with E-state index in [2.05, 4.69) is 33.6 Å². The number of anilines is 1. The van der Waals surface area contributed by atoms with E-state index in [1.807, 2.05) is 13.0 Å².